The number of hydrogen-bond acceptors (Lipinski definition) is 6. The SMILES string of the molecule is Cn1ncc(N2CCC[C@@H](C(=O)N3CCN(C(=O)OC(C)(C)C)CC3)C2)cc1=O. The largest absolute Gasteiger partial charge is 0.444 e. The average Bonchev–Trinajstić information content (AvgIpc) is 2.68. The average molecular weight is 405 g/mol. The fourth-order valence-corrected chi connectivity index (χ4v) is 3.74. The van der Waals surface area contributed by atoms with Crippen molar-refractivity contribution < 1.29 is 14.3 Å². The zero-order chi connectivity index (χ0) is 21.2. The van der Waals surface area contributed by atoms with Gasteiger partial charge >= 0.3 is 6.09 Å². The van der Waals surface area contributed by atoms with E-state index in [1.165, 1.54) is 4.68 Å². The van der Waals surface area contributed by atoms with Gasteiger partial charge in [-0.25, -0.2) is 9.48 Å². The summed E-state index contributed by atoms with van der Waals surface area (Å²) in [6.45, 7) is 8.92. The van der Waals surface area contributed by atoms with Gasteiger partial charge in [0.1, 0.15) is 5.60 Å². The van der Waals surface area contributed by atoms with E-state index in [2.05, 4.69) is 10.00 Å². The molecule has 9 heteroatoms. The topological polar surface area (TPSA) is 88.0 Å². The maximum absolute atomic E-state index is 13.0. The Morgan fingerprint density at radius 1 is 1.10 bits per heavy atom. The van der Waals surface area contributed by atoms with Gasteiger partial charge in [0.2, 0.25) is 5.91 Å². The molecule has 2 fully saturated rings. The van der Waals surface area contributed by atoms with Gasteiger partial charge in [-0.15, -0.1) is 0 Å². The van der Waals surface area contributed by atoms with Gasteiger partial charge in [0.05, 0.1) is 17.8 Å². The minimum Gasteiger partial charge on any atom is -0.444 e. The number of aryl methyl sites for hydroxylation is 1. The molecule has 3 heterocycles. The quantitative estimate of drug-likeness (QED) is 0.732. The van der Waals surface area contributed by atoms with E-state index >= 15 is 0 Å². The standard InChI is InChI=1S/C20H31N5O4/c1-20(2,3)29-19(28)24-10-8-23(9-11-24)18(27)15-6-5-7-25(14-15)16-12-17(26)22(4)21-13-16/h12-13,15H,5-11,14H2,1-4H3/t15-/m1/s1. The first-order chi connectivity index (χ1) is 13.6. The van der Waals surface area contributed by atoms with Crippen LogP contribution in [0, 0.1) is 5.92 Å². The van der Waals surface area contributed by atoms with Crippen LogP contribution >= 0.6 is 0 Å². The van der Waals surface area contributed by atoms with Gasteiger partial charge in [-0.1, -0.05) is 0 Å². The van der Waals surface area contributed by atoms with Crippen molar-refractivity contribution in [2.75, 3.05) is 44.2 Å². The lowest BCUT2D eigenvalue weighted by Gasteiger charge is -2.39. The second kappa shape index (κ2) is 8.42. The molecule has 0 radical (unpaired) electrons. The molecule has 1 aromatic heterocycles. The van der Waals surface area contributed by atoms with Crippen LogP contribution in [-0.4, -0.2) is 76.5 Å². The first-order valence-electron chi connectivity index (χ1n) is 10.2. The third-order valence-electron chi connectivity index (χ3n) is 5.33. The van der Waals surface area contributed by atoms with E-state index in [4.69, 9.17) is 4.74 Å². The Hall–Kier alpha value is -2.58. The van der Waals surface area contributed by atoms with Crippen LogP contribution in [-0.2, 0) is 16.6 Å². The molecule has 2 aliphatic rings. The van der Waals surface area contributed by atoms with E-state index < -0.39 is 5.60 Å². The van der Waals surface area contributed by atoms with Crippen molar-refractivity contribution in [3.05, 3.63) is 22.6 Å². The highest BCUT2D eigenvalue weighted by atomic mass is 16.6. The van der Waals surface area contributed by atoms with E-state index in [0.29, 0.717) is 32.7 Å². The summed E-state index contributed by atoms with van der Waals surface area (Å²) in [5.74, 6) is 0.0104. The van der Waals surface area contributed by atoms with Crippen LogP contribution in [0.3, 0.4) is 0 Å². The van der Waals surface area contributed by atoms with Crippen molar-refractivity contribution in [1.29, 1.82) is 0 Å². The number of piperidine rings is 1. The van der Waals surface area contributed by atoms with Crippen molar-refractivity contribution in [3.63, 3.8) is 0 Å². The minimum atomic E-state index is -0.525. The molecule has 0 aromatic carbocycles. The van der Waals surface area contributed by atoms with Crippen LogP contribution in [0.25, 0.3) is 0 Å². The molecule has 9 nitrogen and oxygen atoms in total. The highest BCUT2D eigenvalue weighted by Gasteiger charge is 2.33. The monoisotopic (exact) mass is 405 g/mol. The lowest BCUT2D eigenvalue weighted by molar-refractivity contribution is -0.137. The number of ether oxygens (including phenoxy) is 1. The summed E-state index contributed by atoms with van der Waals surface area (Å²) in [4.78, 5) is 42.7. The number of carbonyl (C=O) groups excluding carboxylic acids is 2. The van der Waals surface area contributed by atoms with E-state index in [9.17, 15) is 14.4 Å². The Kier molecular flexibility index (Phi) is 6.14. The predicted octanol–water partition coefficient (Wildman–Crippen LogP) is 1.08. The molecule has 0 saturated carbocycles. The second-order valence-electron chi connectivity index (χ2n) is 8.75. The van der Waals surface area contributed by atoms with Gasteiger partial charge in [-0.05, 0) is 33.6 Å². The molecule has 3 rings (SSSR count). The van der Waals surface area contributed by atoms with Crippen molar-refractivity contribution in [3.8, 4) is 0 Å². The van der Waals surface area contributed by atoms with Crippen molar-refractivity contribution in [1.82, 2.24) is 19.6 Å². The molecule has 2 saturated heterocycles. The van der Waals surface area contributed by atoms with Crippen molar-refractivity contribution in [2.45, 2.75) is 39.2 Å². The smallest absolute Gasteiger partial charge is 0.410 e. The van der Waals surface area contributed by atoms with Crippen molar-refractivity contribution >= 4 is 17.7 Å². The molecule has 0 bridgehead atoms. The highest BCUT2D eigenvalue weighted by molar-refractivity contribution is 5.80. The first-order valence-corrected chi connectivity index (χ1v) is 10.2. The number of anilines is 1. The number of rotatable bonds is 2. The second-order valence-corrected chi connectivity index (χ2v) is 8.75. The molecule has 0 N–H and O–H groups in total. The molecular weight excluding hydrogens is 374 g/mol. The van der Waals surface area contributed by atoms with Gasteiger partial charge in [0.15, 0.2) is 0 Å². The van der Waals surface area contributed by atoms with Crippen LogP contribution in [0.2, 0.25) is 0 Å². The molecule has 2 aliphatic heterocycles. The number of nitrogens with zero attached hydrogens (tertiary/aromatic N) is 5. The fourth-order valence-electron chi connectivity index (χ4n) is 3.74. The zero-order valence-electron chi connectivity index (χ0n) is 17.8. The Balaban J connectivity index is 1.56. The number of hydrogen-bond donors (Lipinski definition) is 0. The Morgan fingerprint density at radius 2 is 1.76 bits per heavy atom. The lowest BCUT2D eigenvalue weighted by atomic mass is 9.96. The summed E-state index contributed by atoms with van der Waals surface area (Å²) in [7, 11) is 1.62. The number of piperazine rings is 1. The minimum absolute atomic E-state index is 0.110. The van der Waals surface area contributed by atoms with Gasteiger partial charge in [-0.2, -0.15) is 5.10 Å². The third kappa shape index (κ3) is 5.27. The van der Waals surface area contributed by atoms with Gasteiger partial charge in [0, 0.05) is 52.4 Å². The van der Waals surface area contributed by atoms with Gasteiger partial charge < -0.3 is 19.4 Å². The summed E-state index contributed by atoms with van der Waals surface area (Å²) < 4.78 is 6.71. The Labute approximate surface area is 171 Å². The van der Waals surface area contributed by atoms with Crippen molar-refractivity contribution in [2.24, 2.45) is 13.0 Å². The predicted molar refractivity (Wildman–Crippen MR) is 109 cm³/mol. The molecule has 0 spiro atoms. The summed E-state index contributed by atoms with van der Waals surface area (Å²) >= 11 is 0. The molecule has 160 valence electrons. The summed E-state index contributed by atoms with van der Waals surface area (Å²) in [6, 6.07) is 1.57. The molecule has 29 heavy (non-hydrogen) atoms. The van der Waals surface area contributed by atoms with Crippen LogP contribution in [0.1, 0.15) is 33.6 Å². The number of aromatic nitrogens is 2. The van der Waals surface area contributed by atoms with E-state index in [-0.39, 0.29) is 23.5 Å². The van der Waals surface area contributed by atoms with Crippen LogP contribution in [0.5, 0.6) is 0 Å². The van der Waals surface area contributed by atoms with Crippen LogP contribution in [0.15, 0.2) is 17.1 Å². The molecular formula is C20H31N5O4. The molecule has 1 aromatic rings. The molecule has 1 atom stereocenters. The van der Waals surface area contributed by atoms with Crippen LogP contribution < -0.4 is 10.5 Å². The zero-order valence-corrected chi connectivity index (χ0v) is 17.8. The molecule has 0 unspecified atom stereocenters. The number of carbonyl (C=O) groups is 2. The first kappa shape index (κ1) is 21.1. The normalized spacial score (nSPS) is 20.6. The number of amides is 2. The summed E-state index contributed by atoms with van der Waals surface area (Å²) in [5, 5.41) is 4.08. The van der Waals surface area contributed by atoms with E-state index in [0.717, 1.165) is 25.1 Å². The van der Waals surface area contributed by atoms with E-state index in [1.54, 1.807) is 24.2 Å². The summed E-state index contributed by atoms with van der Waals surface area (Å²) in [6.07, 6.45) is 3.07. The molecule has 2 amide bonds. The van der Waals surface area contributed by atoms with Gasteiger partial charge in [-0.3, -0.25) is 9.59 Å². The Morgan fingerprint density at radius 3 is 2.38 bits per heavy atom. The fraction of sp³-hybridized carbons (Fsp3) is 0.700. The van der Waals surface area contributed by atoms with E-state index in [1.807, 2.05) is 25.7 Å². The maximum atomic E-state index is 13.0. The maximum Gasteiger partial charge on any atom is 0.410 e. The van der Waals surface area contributed by atoms with Gasteiger partial charge in [0.25, 0.3) is 5.56 Å². The Bertz CT molecular complexity index is 808. The lowest BCUT2D eigenvalue weighted by Crippen LogP contribution is -2.54. The molecule has 0 aliphatic carbocycles. The van der Waals surface area contributed by atoms with Crippen LogP contribution in [0.4, 0.5) is 10.5 Å². The third-order valence-corrected chi connectivity index (χ3v) is 5.33. The summed E-state index contributed by atoms with van der Waals surface area (Å²) in [5.41, 5.74) is 0.0812. The highest BCUT2D eigenvalue weighted by Crippen LogP contribution is 2.24.